The summed E-state index contributed by atoms with van der Waals surface area (Å²) in [7, 11) is 7.27. The number of hydrogen-bond acceptors (Lipinski definition) is 3. The summed E-state index contributed by atoms with van der Waals surface area (Å²) in [5.74, 6) is 0.218. The molecular formula is C11H27N2O2P. The highest BCUT2D eigenvalue weighted by molar-refractivity contribution is 7.39. The van der Waals surface area contributed by atoms with Gasteiger partial charge in [0.25, 0.3) is 0 Å². The van der Waals surface area contributed by atoms with E-state index in [9.17, 15) is 9.59 Å². The van der Waals surface area contributed by atoms with Crippen LogP contribution in [0.5, 0.6) is 0 Å². The number of amides is 1. The van der Waals surface area contributed by atoms with Crippen LogP contribution in [0.25, 0.3) is 0 Å². The lowest BCUT2D eigenvalue weighted by Crippen LogP contribution is -2.31. The first-order valence-electron chi connectivity index (χ1n) is 5.51. The van der Waals surface area contributed by atoms with Crippen LogP contribution in [0.1, 0.15) is 34.1 Å². The van der Waals surface area contributed by atoms with Gasteiger partial charge < -0.3 is 10.2 Å². The van der Waals surface area contributed by atoms with Gasteiger partial charge in [-0.05, 0) is 29.6 Å². The van der Waals surface area contributed by atoms with Crippen LogP contribution in [-0.2, 0) is 4.79 Å². The van der Waals surface area contributed by atoms with Crippen molar-refractivity contribution in [2.45, 2.75) is 40.2 Å². The molecule has 0 aliphatic rings. The fourth-order valence-corrected chi connectivity index (χ4v) is 0.695. The molecule has 0 aliphatic heterocycles. The minimum absolute atomic E-state index is 0.00926. The topological polar surface area (TPSA) is 49.4 Å². The molecule has 4 nitrogen and oxygen atoms in total. The second kappa shape index (κ2) is 14.5. The summed E-state index contributed by atoms with van der Waals surface area (Å²) in [6.07, 6.45) is 0.881. The van der Waals surface area contributed by atoms with Crippen molar-refractivity contribution < 1.29 is 9.59 Å². The molecule has 2 atom stereocenters. The summed E-state index contributed by atoms with van der Waals surface area (Å²) in [5.41, 5.74) is 0.00926. The van der Waals surface area contributed by atoms with Gasteiger partial charge in [0.15, 0.2) is 0 Å². The fourth-order valence-electron chi connectivity index (χ4n) is 0.695. The van der Waals surface area contributed by atoms with Crippen LogP contribution in [0.3, 0.4) is 0 Å². The maximum absolute atomic E-state index is 10.5. The number of carbonyl (C=O) groups is 2. The number of likely N-dealkylation sites (N-methyl/N-ethyl adjacent to an activating group) is 1. The molecule has 0 spiro atoms. The van der Waals surface area contributed by atoms with E-state index in [1.807, 2.05) is 20.8 Å². The molecule has 0 heterocycles. The van der Waals surface area contributed by atoms with Crippen molar-refractivity contribution in [2.75, 3.05) is 21.1 Å². The Morgan fingerprint density at radius 1 is 1.31 bits per heavy atom. The number of Topliss-reactive ketones (excluding diaryl/α,β-unsaturated/α-hetero) is 1. The largest absolute Gasteiger partial charge is 0.346 e. The number of nitrogens with zero attached hydrogens (tertiary/aromatic N) is 1. The molecule has 0 saturated heterocycles. The lowest BCUT2D eigenvalue weighted by atomic mass is 10.1. The Balaban J connectivity index is -0.000000188. The van der Waals surface area contributed by atoms with Crippen molar-refractivity contribution in [3.05, 3.63) is 0 Å². The standard InChI is InChI=1S/C6H13NO.C3H8NOP.C2H6/c1-4-6(7-3)5(2)8;1-4(2)3(5)6;1-2/h6-7H,4H2,1-3H3;6H2,1-2H3;1-2H3. The minimum atomic E-state index is 0.00926. The average Bonchev–Trinajstić information content (AvgIpc) is 2.22. The van der Waals surface area contributed by atoms with E-state index in [0.29, 0.717) is 0 Å². The Hall–Kier alpha value is -0.470. The SMILES string of the molecule is CC.CCC(NC)C(C)=O.CN(C)C(=O)P. The van der Waals surface area contributed by atoms with E-state index in [0.717, 1.165) is 6.42 Å². The van der Waals surface area contributed by atoms with Gasteiger partial charge in [-0.2, -0.15) is 0 Å². The molecule has 0 fully saturated rings. The van der Waals surface area contributed by atoms with E-state index in [1.165, 1.54) is 4.90 Å². The van der Waals surface area contributed by atoms with Gasteiger partial charge in [0, 0.05) is 14.1 Å². The van der Waals surface area contributed by atoms with Crippen LogP contribution in [0.15, 0.2) is 0 Å². The lowest BCUT2D eigenvalue weighted by molar-refractivity contribution is -0.118. The molecule has 0 radical (unpaired) electrons. The van der Waals surface area contributed by atoms with Crippen LogP contribution in [0.2, 0.25) is 0 Å². The van der Waals surface area contributed by atoms with Crippen molar-refractivity contribution in [2.24, 2.45) is 0 Å². The molecule has 0 aromatic rings. The van der Waals surface area contributed by atoms with Gasteiger partial charge in [-0.3, -0.25) is 9.59 Å². The van der Waals surface area contributed by atoms with E-state index >= 15 is 0 Å². The Labute approximate surface area is 102 Å². The normalized spacial score (nSPS) is 10.0. The van der Waals surface area contributed by atoms with Gasteiger partial charge >= 0.3 is 0 Å². The molecule has 98 valence electrons. The van der Waals surface area contributed by atoms with Crippen molar-refractivity contribution in [3.63, 3.8) is 0 Å². The first-order valence-corrected chi connectivity index (χ1v) is 6.09. The van der Waals surface area contributed by atoms with E-state index in [-0.39, 0.29) is 17.5 Å². The molecule has 16 heavy (non-hydrogen) atoms. The maximum atomic E-state index is 10.5. The predicted molar refractivity (Wildman–Crippen MR) is 74.0 cm³/mol. The number of rotatable bonds is 3. The van der Waals surface area contributed by atoms with Gasteiger partial charge in [0.2, 0.25) is 5.65 Å². The van der Waals surface area contributed by atoms with Crippen LogP contribution in [0, 0.1) is 0 Å². The fraction of sp³-hybridized carbons (Fsp3) is 0.818. The Bertz CT molecular complexity index is 181. The first-order chi connectivity index (χ1) is 7.36. The third-order valence-corrected chi connectivity index (χ3v) is 2.20. The number of nitrogens with one attached hydrogen (secondary N) is 1. The summed E-state index contributed by atoms with van der Waals surface area (Å²) in [6.45, 7) is 7.59. The van der Waals surface area contributed by atoms with Gasteiger partial charge in [0.05, 0.1) is 6.04 Å². The molecule has 2 unspecified atom stereocenters. The zero-order valence-corrected chi connectivity index (χ0v) is 12.8. The highest BCUT2D eigenvalue weighted by Gasteiger charge is 2.05. The molecule has 0 aromatic carbocycles. The van der Waals surface area contributed by atoms with Gasteiger partial charge in [-0.25, -0.2) is 0 Å². The minimum Gasteiger partial charge on any atom is -0.346 e. The van der Waals surface area contributed by atoms with E-state index in [1.54, 1.807) is 28.1 Å². The maximum Gasteiger partial charge on any atom is 0.236 e. The van der Waals surface area contributed by atoms with E-state index in [2.05, 4.69) is 14.6 Å². The quantitative estimate of drug-likeness (QED) is 0.781. The van der Waals surface area contributed by atoms with Crippen molar-refractivity contribution in [1.82, 2.24) is 10.2 Å². The highest BCUT2D eigenvalue weighted by atomic mass is 31.0. The van der Waals surface area contributed by atoms with Crippen LogP contribution >= 0.6 is 9.24 Å². The summed E-state index contributed by atoms with van der Waals surface area (Å²) in [6, 6.07) is 0.0648. The zero-order chi connectivity index (χ0) is 13.7. The van der Waals surface area contributed by atoms with Gasteiger partial charge in [-0.15, -0.1) is 0 Å². The summed E-state index contributed by atoms with van der Waals surface area (Å²) in [5, 5.41) is 2.90. The third-order valence-electron chi connectivity index (χ3n) is 1.69. The van der Waals surface area contributed by atoms with E-state index < -0.39 is 0 Å². The van der Waals surface area contributed by atoms with Crippen molar-refractivity contribution in [3.8, 4) is 0 Å². The molecule has 1 amide bonds. The predicted octanol–water partition coefficient (Wildman–Crippen LogP) is 2.14. The van der Waals surface area contributed by atoms with Gasteiger partial charge in [0.1, 0.15) is 5.78 Å². The lowest BCUT2D eigenvalue weighted by Gasteiger charge is -2.07. The molecule has 1 N–H and O–H groups in total. The molecular weight excluding hydrogens is 223 g/mol. The summed E-state index contributed by atoms with van der Waals surface area (Å²) >= 11 is 0. The molecule has 0 saturated carbocycles. The highest BCUT2D eigenvalue weighted by Crippen LogP contribution is 1.89. The molecule has 0 aromatic heterocycles. The van der Waals surface area contributed by atoms with E-state index in [4.69, 9.17) is 0 Å². The molecule has 0 aliphatic carbocycles. The Kier molecular flexibility index (Phi) is 19.0. The Morgan fingerprint density at radius 2 is 1.62 bits per heavy atom. The first kappa shape index (κ1) is 20.9. The van der Waals surface area contributed by atoms with Gasteiger partial charge in [-0.1, -0.05) is 20.8 Å². The second-order valence-corrected chi connectivity index (χ2v) is 3.59. The second-order valence-electron chi connectivity index (χ2n) is 3.09. The number of hydrogen-bond donors (Lipinski definition) is 1. The number of ketones is 1. The monoisotopic (exact) mass is 250 g/mol. The summed E-state index contributed by atoms with van der Waals surface area (Å²) in [4.78, 5) is 22.1. The van der Waals surface area contributed by atoms with Crippen LogP contribution < -0.4 is 5.32 Å². The van der Waals surface area contributed by atoms with Crippen molar-refractivity contribution in [1.29, 1.82) is 0 Å². The molecule has 5 heteroatoms. The van der Waals surface area contributed by atoms with Crippen LogP contribution in [0.4, 0.5) is 4.79 Å². The summed E-state index contributed by atoms with van der Waals surface area (Å²) < 4.78 is 0. The Morgan fingerprint density at radius 3 is 1.62 bits per heavy atom. The third kappa shape index (κ3) is 16.0. The van der Waals surface area contributed by atoms with Crippen LogP contribution in [-0.4, -0.2) is 43.5 Å². The molecule has 0 rings (SSSR count). The smallest absolute Gasteiger partial charge is 0.236 e. The zero-order valence-electron chi connectivity index (χ0n) is 11.6. The average molecular weight is 250 g/mol. The molecule has 0 bridgehead atoms. The number of carbonyl (C=O) groups excluding carboxylic acids is 2. The van der Waals surface area contributed by atoms with Crippen molar-refractivity contribution >= 4 is 20.7 Å².